The number of furan rings is 1. The number of hydrogen-bond acceptors (Lipinski definition) is 3. The molecule has 1 atom stereocenters. The Labute approximate surface area is 118 Å². The summed E-state index contributed by atoms with van der Waals surface area (Å²) in [6, 6.07) is 11.7. The molecule has 0 spiro atoms. The molecule has 1 heterocycles. The summed E-state index contributed by atoms with van der Waals surface area (Å²) in [4.78, 5) is 0. The zero-order chi connectivity index (χ0) is 13.7. The highest BCUT2D eigenvalue weighted by atomic mass is 35.5. The summed E-state index contributed by atoms with van der Waals surface area (Å²) in [5.74, 6) is 1.69. The van der Waals surface area contributed by atoms with E-state index in [1.54, 1.807) is 7.11 Å². The van der Waals surface area contributed by atoms with Gasteiger partial charge in [0.2, 0.25) is 0 Å². The third-order valence-electron chi connectivity index (χ3n) is 2.84. The van der Waals surface area contributed by atoms with E-state index in [1.165, 1.54) is 0 Å². The second-order valence-electron chi connectivity index (χ2n) is 4.28. The third-order valence-corrected chi connectivity index (χ3v) is 3.08. The minimum atomic E-state index is 0.00862. The van der Waals surface area contributed by atoms with E-state index < -0.39 is 0 Å². The first kappa shape index (κ1) is 14.1. The molecule has 1 N–H and O–H groups in total. The van der Waals surface area contributed by atoms with Crippen molar-refractivity contribution in [2.75, 3.05) is 13.7 Å². The molecule has 0 aliphatic heterocycles. The van der Waals surface area contributed by atoms with Gasteiger partial charge in [-0.15, -0.1) is 0 Å². The van der Waals surface area contributed by atoms with Gasteiger partial charge in [0.1, 0.15) is 18.1 Å². The topological polar surface area (TPSA) is 34.4 Å². The molecule has 0 aliphatic rings. The Morgan fingerprint density at radius 1 is 1.32 bits per heavy atom. The first-order valence-electron chi connectivity index (χ1n) is 6.31. The molecule has 1 unspecified atom stereocenters. The van der Waals surface area contributed by atoms with E-state index in [0.29, 0.717) is 6.61 Å². The van der Waals surface area contributed by atoms with Gasteiger partial charge in [-0.3, -0.25) is 0 Å². The average molecular weight is 280 g/mol. The lowest BCUT2D eigenvalue weighted by Gasteiger charge is -2.16. The van der Waals surface area contributed by atoms with Crippen molar-refractivity contribution in [3.8, 4) is 0 Å². The van der Waals surface area contributed by atoms with Crippen molar-refractivity contribution in [1.29, 1.82) is 0 Å². The Kier molecular flexibility index (Phi) is 5.02. The molecule has 0 saturated carbocycles. The first-order valence-corrected chi connectivity index (χ1v) is 6.68. The molecule has 1 aromatic heterocycles. The highest BCUT2D eigenvalue weighted by Crippen LogP contribution is 2.26. The smallest absolute Gasteiger partial charge is 0.129 e. The lowest BCUT2D eigenvalue weighted by atomic mass is 10.0. The molecule has 4 heteroatoms. The summed E-state index contributed by atoms with van der Waals surface area (Å²) in [7, 11) is 1.65. The maximum atomic E-state index is 6.05. The van der Waals surface area contributed by atoms with Gasteiger partial charge in [0.05, 0.1) is 6.04 Å². The number of rotatable bonds is 6. The van der Waals surface area contributed by atoms with Gasteiger partial charge >= 0.3 is 0 Å². The van der Waals surface area contributed by atoms with Crippen molar-refractivity contribution in [3.63, 3.8) is 0 Å². The van der Waals surface area contributed by atoms with E-state index in [2.05, 4.69) is 12.2 Å². The van der Waals surface area contributed by atoms with Crippen LogP contribution in [0.25, 0.3) is 0 Å². The summed E-state index contributed by atoms with van der Waals surface area (Å²) in [6.45, 7) is 3.39. The first-order chi connectivity index (χ1) is 9.24. The molecule has 3 nitrogen and oxygen atoms in total. The van der Waals surface area contributed by atoms with Gasteiger partial charge in [0, 0.05) is 12.1 Å². The minimum absolute atomic E-state index is 0.00862. The maximum Gasteiger partial charge on any atom is 0.129 e. The lowest BCUT2D eigenvalue weighted by Crippen LogP contribution is -2.21. The van der Waals surface area contributed by atoms with Crippen LogP contribution < -0.4 is 5.32 Å². The Bertz CT molecular complexity index is 524. The van der Waals surface area contributed by atoms with Crippen LogP contribution >= 0.6 is 11.6 Å². The maximum absolute atomic E-state index is 6.05. The second kappa shape index (κ2) is 6.75. The van der Waals surface area contributed by atoms with Gasteiger partial charge in [-0.25, -0.2) is 0 Å². The van der Waals surface area contributed by atoms with Gasteiger partial charge < -0.3 is 14.5 Å². The molecule has 1 aromatic carbocycles. The van der Waals surface area contributed by atoms with Crippen LogP contribution in [0.1, 0.15) is 30.0 Å². The van der Waals surface area contributed by atoms with Crippen LogP contribution in [0.3, 0.4) is 0 Å². The molecule has 0 radical (unpaired) electrons. The summed E-state index contributed by atoms with van der Waals surface area (Å²) >= 11 is 6.05. The molecule has 19 heavy (non-hydrogen) atoms. The molecule has 2 rings (SSSR count). The van der Waals surface area contributed by atoms with Crippen LogP contribution in [0.4, 0.5) is 0 Å². The van der Waals surface area contributed by atoms with Crippen LogP contribution in [0.15, 0.2) is 40.8 Å². The van der Waals surface area contributed by atoms with Crippen LogP contribution in [-0.2, 0) is 11.3 Å². The SMILES string of the molecule is CCNC(c1cccc(Cl)c1)c1ccc(COC)o1. The van der Waals surface area contributed by atoms with E-state index >= 15 is 0 Å². The fourth-order valence-electron chi connectivity index (χ4n) is 2.04. The number of nitrogens with one attached hydrogen (secondary N) is 1. The lowest BCUT2D eigenvalue weighted by molar-refractivity contribution is 0.162. The summed E-state index contributed by atoms with van der Waals surface area (Å²) in [5.41, 5.74) is 1.09. The quantitative estimate of drug-likeness (QED) is 0.874. The minimum Gasteiger partial charge on any atom is -0.462 e. The molecular formula is C15H18ClNO2. The zero-order valence-electron chi connectivity index (χ0n) is 11.2. The van der Waals surface area contributed by atoms with Crippen LogP contribution in [0.2, 0.25) is 5.02 Å². The van der Waals surface area contributed by atoms with Crippen LogP contribution in [0.5, 0.6) is 0 Å². The number of hydrogen-bond donors (Lipinski definition) is 1. The molecular weight excluding hydrogens is 262 g/mol. The molecule has 0 amide bonds. The third kappa shape index (κ3) is 3.60. The molecule has 0 saturated heterocycles. The van der Waals surface area contributed by atoms with Crippen molar-refractivity contribution >= 4 is 11.6 Å². The predicted molar refractivity (Wildman–Crippen MR) is 76.4 cm³/mol. The second-order valence-corrected chi connectivity index (χ2v) is 4.72. The molecule has 0 fully saturated rings. The fourth-order valence-corrected chi connectivity index (χ4v) is 2.24. The van der Waals surface area contributed by atoms with Gasteiger partial charge in [-0.1, -0.05) is 30.7 Å². The van der Waals surface area contributed by atoms with Crippen molar-refractivity contribution in [2.24, 2.45) is 0 Å². The van der Waals surface area contributed by atoms with Gasteiger partial charge in [-0.05, 0) is 36.4 Å². The number of methoxy groups -OCH3 is 1. The number of ether oxygens (including phenoxy) is 1. The zero-order valence-corrected chi connectivity index (χ0v) is 11.9. The standard InChI is InChI=1S/C15H18ClNO2/c1-3-17-15(11-5-4-6-12(16)9-11)14-8-7-13(19-14)10-18-2/h4-9,15,17H,3,10H2,1-2H3. The van der Waals surface area contributed by atoms with Crippen LogP contribution in [0, 0.1) is 0 Å². The number of halogens is 1. The van der Waals surface area contributed by atoms with Gasteiger partial charge in [0.25, 0.3) is 0 Å². The normalized spacial score (nSPS) is 12.6. The molecule has 102 valence electrons. The average Bonchev–Trinajstić information content (AvgIpc) is 2.85. The monoisotopic (exact) mass is 279 g/mol. The Balaban J connectivity index is 2.28. The van der Waals surface area contributed by atoms with Crippen LogP contribution in [-0.4, -0.2) is 13.7 Å². The Hall–Kier alpha value is -1.29. The molecule has 2 aromatic rings. The van der Waals surface area contributed by atoms with Crippen molar-refractivity contribution in [1.82, 2.24) is 5.32 Å². The predicted octanol–water partition coefficient (Wildman–Crippen LogP) is 3.78. The van der Waals surface area contributed by atoms with E-state index in [4.69, 9.17) is 20.8 Å². The molecule has 0 aliphatic carbocycles. The van der Waals surface area contributed by atoms with Crippen molar-refractivity contribution in [3.05, 3.63) is 58.5 Å². The number of benzene rings is 1. The summed E-state index contributed by atoms with van der Waals surface area (Å²) in [6.07, 6.45) is 0. The Morgan fingerprint density at radius 2 is 2.16 bits per heavy atom. The summed E-state index contributed by atoms with van der Waals surface area (Å²) < 4.78 is 10.9. The van der Waals surface area contributed by atoms with E-state index in [1.807, 2.05) is 36.4 Å². The van der Waals surface area contributed by atoms with Crippen molar-refractivity contribution < 1.29 is 9.15 Å². The largest absolute Gasteiger partial charge is 0.462 e. The molecule has 0 bridgehead atoms. The van der Waals surface area contributed by atoms with E-state index in [0.717, 1.165) is 28.7 Å². The van der Waals surface area contributed by atoms with E-state index in [9.17, 15) is 0 Å². The van der Waals surface area contributed by atoms with E-state index in [-0.39, 0.29) is 6.04 Å². The van der Waals surface area contributed by atoms with Gasteiger partial charge in [-0.2, -0.15) is 0 Å². The highest BCUT2D eigenvalue weighted by Gasteiger charge is 2.17. The highest BCUT2D eigenvalue weighted by molar-refractivity contribution is 6.30. The Morgan fingerprint density at radius 3 is 2.84 bits per heavy atom. The van der Waals surface area contributed by atoms with Crippen molar-refractivity contribution in [2.45, 2.75) is 19.6 Å². The summed E-state index contributed by atoms with van der Waals surface area (Å²) in [5, 5.41) is 4.13. The van der Waals surface area contributed by atoms with Gasteiger partial charge in [0.15, 0.2) is 0 Å². The fraction of sp³-hybridized carbons (Fsp3) is 0.333.